The van der Waals surface area contributed by atoms with Crippen molar-refractivity contribution in [1.82, 2.24) is 4.90 Å². The third-order valence-corrected chi connectivity index (χ3v) is 4.90. The molecule has 0 aliphatic rings. The van der Waals surface area contributed by atoms with Crippen LogP contribution in [-0.4, -0.2) is 57.6 Å². The molecule has 0 aliphatic carbocycles. The first-order valence-corrected chi connectivity index (χ1v) is 10.9. The standard InChI is InChI=1S/C20H20O6.C6H15N/c1-13(21)26-17-8-6-5-7-15(17)16(22)11-9-14-10-12-18(23-2)20(25-4)19(14)24-3;1-4-7(5-2)6-3/h5-12H,1-4H3;4-6H2,1-3H3. The molecule has 2 aromatic rings. The molecule has 0 aliphatic heterocycles. The van der Waals surface area contributed by atoms with Crippen LogP contribution in [0.1, 0.15) is 43.6 Å². The average molecular weight is 458 g/mol. The Morgan fingerprint density at radius 1 is 0.818 bits per heavy atom. The van der Waals surface area contributed by atoms with Crippen LogP contribution in [0.3, 0.4) is 0 Å². The predicted molar refractivity (Wildman–Crippen MR) is 131 cm³/mol. The number of esters is 1. The fourth-order valence-corrected chi connectivity index (χ4v) is 3.10. The predicted octanol–water partition coefficient (Wildman–Crippen LogP) is 4.88. The second-order valence-corrected chi connectivity index (χ2v) is 6.83. The van der Waals surface area contributed by atoms with Gasteiger partial charge in [-0.3, -0.25) is 9.59 Å². The van der Waals surface area contributed by atoms with Gasteiger partial charge in [0.15, 0.2) is 17.3 Å². The van der Waals surface area contributed by atoms with E-state index in [2.05, 4.69) is 25.7 Å². The lowest BCUT2D eigenvalue weighted by Gasteiger charge is -2.14. The molecule has 7 nitrogen and oxygen atoms in total. The van der Waals surface area contributed by atoms with Crippen LogP contribution in [0.25, 0.3) is 6.08 Å². The number of benzene rings is 2. The largest absolute Gasteiger partial charge is 0.493 e. The maximum absolute atomic E-state index is 12.5. The third-order valence-electron chi connectivity index (χ3n) is 4.90. The second kappa shape index (κ2) is 14.7. The van der Waals surface area contributed by atoms with Crippen LogP contribution in [0.15, 0.2) is 42.5 Å². The monoisotopic (exact) mass is 457 g/mol. The van der Waals surface area contributed by atoms with Gasteiger partial charge in [0.05, 0.1) is 26.9 Å². The van der Waals surface area contributed by atoms with Crippen LogP contribution in [0.2, 0.25) is 0 Å². The number of carbonyl (C=O) groups is 2. The van der Waals surface area contributed by atoms with E-state index >= 15 is 0 Å². The highest BCUT2D eigenvalue weighted by molar-refractivity contribution is 6.09. The molecular weight excluding hydrogens is 422 g/mol. The first-order valence-electron chi connectivity index (χ1n) is 10.9. The summed E-state index contributed by atoms with van der Waals surface area (Å²) in [4.78, 5) is 26.1. The van der Waals surface area contributed by atoms with Crippen molar-refractivity contribution in [2.24, 2.45) is 0 Å². The zero-order chi connectivity index (χ0) is 24.8. The van der Waals surface area contributed by atoms with Gasteiger partial charge in [0.1, 0.15) is 5.75 Å². The number of nitrogens with zero attached hydrogens (tertiary/aromatic N) is 1. The van der Waals surface area contributed by atoms with Gasteiger partial charge in [-0.2, -0.15) is 0 Å². The van der Waals surface area contributed by atoms with E-state index in [4.69, 9.17) is 18.9 Å². The summed E-state index contributed by atoms with van der Waals surface area (Å²) in [5, 5.41) is 0. The summed E-state index contributed by atoms with van der Waals surface area (Å²) in [6, 6.07) is 10.0. The SMILES string of the molecule is CCN(CC)CC.COc1ccc(C=CC(=O)c2ccccc2OC(C)=O)c(OC)c1OC. The van der Waals surface area contributed by atoms with E-state index in [0.29, 0.717) is 28.4 Å². The van der Waals surface area contributed by atoms with Gasteiger partial charge in [0, 0.05) is 12.5 Å². The minimum atomic E-state index is -0.490. The minimum Gasteiger partial charge on any atom is -0.493 e. The molecule has 0 spiro atoms. The van der Waals surface area contributed by atoms with E-state index in [1.807, 2.05) is 0 Å². The lowest BCUT2D eigenvalue weighted by atomic mass is 10.1. The van der Waals surface area contributed by atoms with Crippen LogP contribution in [0.4, 0.5) is 0 Å². The van der Waals surface area contributed by atoms with Crippen molar-refractivity contribution in [1.29, 1.82) is 0 Å². The maximum Gasteiger partial charge on any atom is 0.308 e. The van der Waals surface area contributed by atoms with E-state index in [9.17, 15) is 9.59 Å². The molecule has 0 bridgehead atoms. The Labute approximate surface area is 196 Å². The summed E-state index contributed by atoms with van der Waals surface area (Å²) in [6.45, 7) is 11.4. The van der Waals surface area contributed by atoms with Crippen molar-refractivity contribution in [2.75, 3.05) is 41.0 Å². The number of rotatable bonds is 10. The average Bonchev–Trinajstić information content (AvgIpc) is 2.83. The summed E-state index contributed by atoms with van der Waals surface area (Å²) in [5.41, 5.74) is 0.932. The molecule has 0 aromatic heterocycles. The first-order chi connectivity index (χ1) is 15.9. The van der Waals surface area contributed by atoms with Gasteiger partial charge in [-0.25, -0.2) is 0 Å². The molecule has 0 saturated carbocycles. The smallest absolute Gasteiger partial charge is 0.308 e. The molecule has 0 saturated heterocycles. The van der Waals surface area contributed by atoms with Crippen molar-refractivity contribution in [3.05, 3.63) is 53.6 Å². The molecular formula is C26H35NO6. The molecule has 0 atom stereocenters. The molecule has 0 N–H and O–H groups in total. The molecule has 7 heteroatoms. The lowest BCUT2D eigenvalue weighted by molar-refractivity contribution is -0.131. The summed E-state index contributed by atoms with van der Waals surface area (Å²) >= 11 is 0. The Kier molecular flexibility index (Phi) is 12.3. The maximum atomic E-state index is 12.5. The van der Waals surface area contributed by atoms with Gasteiger partial charge in [-0.05, 0) is 56.1 Å². The topological polar surface area (TPSA) is 74.3 Å². The Morgan fingerprint density at radius 2 is 1.42 bits per heavy atom. The fourth-order valence-electron chi connectivity index (χ4n) is 3.10. The first kappa shape index (κ1) is 27.7. The van der Waals surface area contributed by atoms with Gasteiger partial charge in [0.25, 0.3) is 0 Å². The number of carbonyl (C=O) groups excluding carboxylic acids is 2. The van der Waals surface area contributed by atoms with E-state index in [0.717, 1.165) is 0 Å². The lowest BCUT2D eigenvalue weighted by Crippen LogP contribution is -2.21. The third kappa shape index (κ3) is 8.27. The molecule has 0 amide bonds. The molecule has 0 fully saturated rings. The van der Waals surface area contributed by atoms with Crippen molar-refractivity contribution in [3.63, 3.8) is 0 Å². The Bertz CT molecular complexity index is 929. The highest BCUT2D eigenvalue weighted by Gasteiger charge is 2.15. The molecule has 2 aromatic carbocycles. The molecule has 180 valence electrons. The molecule has 2 rings (SSSR count). The minimum absolute atomic E-state index is 0.217. The zero-order valence-corrected chi connectivity index (χ0v) is 20.6. The molecule has 0 unspecified atom stereocenters. The summed E-state index contributed by atoms with van der Waals surface area (Å²) < 4.78 is 21.0. The van der Waals surface area contributed by atoms with E-state index < -0.39 is 5.97 Å². The number of allylic oxidation sites excluding steroid dienone is 1. The fraction of sp³-hybridized carbons (Fsp3) is 0.385. The number of para-hydroxylation sites is 1. The van der Waals surface area contributed by atoms with Gasteiger partial charge < -0.3 is 23.8 Å². The normalized spacial score (nSPS) is 10.4. The van der Waals surface area contributed by atoms with Crippen molar-refractivity contribution in [2.45, 2.75) is 27.7 Å². The Hall–Kier alpha value is -3.32. The van der Waals surface area contributed by atoms with Crippen molar-refractivity contribution in [3.8, 4) is 23.0 Å². The summed E-state index contributed by atoms with van der Waals surface area (Å²) in [7, 11) is 4.54. The highest BCUT2D eigenvalue weighted by atomic mass is 16.5. The van der Waals surface area contributed by atoms with Crippen LogP contribution in [-0.2, 0) is 4.79 Å². The summed E-state index contributed by atoms with van der Waals surface area (Å²) in [5.74, 6) is 0.825. The van der Waals surface area contributed by atoms with Crippen LogP contribution in [0, 0.1) is 0 Å². The Morgan fingerprint density at radius 3 is 1.91 bits per heavy atom. The van der Waals surface area contributed by atoms with Crippen LogP contribution >= 0.6 is 0 Å². The van der Waals surface area contributed by atoms with Gasteiger partial charge >= 0.3 is 5.97 Å². The quantitative estimate of drug-likeness (QED) is 0.218. The van der Waals surface area contributed by atoms with Crippen molar-refractivity contribution >= 4 is 17.8 Å². The zero-order valence-electron chi connectivity index (χ0n) is 20.6. The van der Waals surface area contributed by atoms with Crippen molar-refractivity contribution < 1.29 is 28.5 Å². The Balaban J connectivity index is 0.000000675. The second-order valence-electron chi connectivity index (χ2n) is 6.83. The number of ether oxygens (including phenoxy) is 4. The molecule has 0 radical (unpaired) electrons. The van der Waals surface area contributed by atoms with E-state index in [-0.39, 0.29) is 11.5 Å². The van der Waals surface area contributed by atoms with Crippen LogP contribution in [0.5, 0.6) is 23.0 Å². The number of methoxy groups -OCH3 is 3. The van der Waals surface area contributed by atoms with E-state index in [1.165, 1.54) is 54.0 Å². The van der Waals surface area contributed by atoms with Gasteiger partial charge in [-0.15, -0.1) is 0 Å². The number of hydrogen-bond donors (Lipinski definition) is 0. The molecule has 0 heterocycles. The van der Waals surface area contributed by atoms with Gasteiger partial charge in [0.2, 0.25) is 5.75 Å². The van der Waals surface area contributed by atoms with Crippen LogP contribution < -0.4 is 18.9 Å². The molecule has 33 heavy (non-hydrogen) atoms. The van der Waals surface area contributed by atoms with Gasteiger partial charge in [-0.1, -0.05) is 32.9 Å². The summed E-state index contributed by atoms with van der Waals surface area (Å²) in [6.07, 6.45) is 2.99. The number of hydrogen-bond acceptors (Lipinski definition) is 7. The number of ketones is 1. The highest BCUT2D eigenvalue weighted by Crippen LogP contribution is 2.40. The van der Waals surface area contributed by atoms with E-state index in [1.54, 1.807) is 42.5 Å².